The van der Waals surface area contributed by atoms with E-state index in [9.17, 15) is 34.2 Å². The molecule has 28 heteroatoms. The van der Waals surface area contributed by atoms with Crippen molar-refractivity contribution in [2.75, 3.05) is 30.5 Å². The fourth-order valence-electron chi connectivity index (χ4n) is 6.16. The van der Waals surface area contributed by atoms with Crippen LogP contribution in [0.1, 0.15) is 43.1 Å². The summed E-state index contributed by atoms with van der Waals surface area (Å²) >= 11 is 0. The number of aromatic amines is 1. The molecule has 2 amide bonds. The molecule has 322 valence electrons. The fraction of sp³-hybridized carbons (Fsp3) is 0.455. The second kappa shape index (κ2) is 19.1. The molecule has 0 aliphatic carbocycles. The SMILES string of the molecule is CC(C)C(=O)Nc1nc2c(ncn2[C@@H]2O[C@H](CO)[C@@H](F)[C@H]2OP(OCCC#N)OC[C@H]2O[C@@H](n3nnc4c(NC(=O)c5ccccc5)ncnc43)[C@@H](F)[C@@H]2O[P+](=O)O)c(=O)[nH]1. The minimum atomic E-state index is -3.42. The van der Waals surface area contributed by atoms with Gasteiger partial charge in [0.25, 0.3) is 11.5 Å². The number of halogens is 2. The van der Waals surface area contributed by atoms with E-state index in [1.54, 1.807) is 44.2 Å². The predicted molar refractivity (Wildman–Crippen MR) is 202 cm³/mol. The number of aliphatic hydroxyl groups excluding tert-OH is 1. The number of carbonyl (C=O) groups is 2. The van der Waals surface area contributed by atoms with Crippen molar-refractivity contribution in [1.29, 1.82) is 5.26 Å². The predicted octanol–water partition coefficient (Wildman–Crippen LogP) is 2.26. The summed E-state index contributed by atoms with van der Waals surface area (Å²) in [6, 6.07) is 10.1. The largest absolute Gasteiger partial charge is 0.695 e. The van der Waals surface area contributed by atoms with Gasteiger partial charge in [-0.1, -0.05) is 37.3 Å². The Kier molecular flexibility index (Phi) is 13.6. The second-order valence-corrected chi connectivity index (χ2v) is 15.3. The molecule has 5 aromatic rings. The lowest BCUT2D eigenvalue weighted by molar-refractivity contribution is -0.118. The number of alkyl halides is 2. The van der Waals surface area contributed by atoms with Crippen molar-refractivity contribution in [2.45, 2.75) is 69.5 Å². The maximum atomic E-state index is 16.2. The molecule has 2 saturated heterocycles. The van der Waals surface area contributed by atoms with Crippen LogP contribution in [0, 0.1) is 17.2 Å². The van der Waals surface area contributed by atoms with Crippen LogP contribution in [0.2, 0.25) is 0 Å². The van der Waals surface area contributed by atoms with Gasteiger partial charge in [-0.25, -0.2) is 23.7 Å². The average molecular weight is 892 g/mol. The Hall–Kier alpha value is -5.45. The Morgan fingerprint density at radius 3 is 2.54 bits per heavy atom. The van der Waals surface area contributed by atoms with Crippen molar-refractivity contribution in [3.05, 3.63) is 58.9 Å². The van der Waals surface area contributed by atoms with Crippen molar-refractivity contribution in [1.82, 2.24) is 44.5 Å². The molecule has 6 heterocycles. The van der Waals surface area contributed by atoms with E-state index in [4.69, 9.17) is 27.6 Å². The molecule has 7 rings (SSSR count). The number of nitrogens with one attached hydrogen (secondary N) is 3. The van der Waals surface area contributed by atoms with Gasteiger partial charge in [-0.2, -0.15) is 14.9 Å². The highest BCUT2D eigenvalue weighted by molar-refractivity contribution is 7.41. The fourth-order valence-corrected chi connectivity index (χ4v) is 7.75. The molecule has 5 N–H and O–H groups in total. The zero-order valence-electron chi connectivity index (χ0n) is 31.7. The Balaban J connectivity index is 1.12. The van der Waals surface area contributed by atoms with Crippen molar-refractivity contribution in [3.63, 3.8) is 0 Å². The summed E-state index contributed by atoms with van der Waals surface area (Å²) in [7, 11) is -6.14. The normalized spacial score (nSPS) is 24.6. The van der Waals surface area contributed by atoms with Crippen LogP contribution in [0.4, 0.5) is 20.5 Å². The first kappa shape index (κ1) is 43.6. The Bertz CT molecular complexity index is 2490. The van der Waals surface area contributed by atoms with Crippen molar-refractivity contribution >= 4 is 62.8 Å². The molecule has 2 aliphatic heterocycles. The van der Waals surface area contributed by atoms with Gasteiger partial charge in [0, 0.05) is 16.0 Å². The van der Waals surface area contributed by atoms with Crippen LogP contribution < -0.4 is 16.2 Å². The van der Waals surface area contributed by atoms with Gasteiger partial charge in [0.05, 0.1) is 38.6 Å². The van der Waals surface area contributed by atoms with Crippen LogP contribution >= 0.6 is 16.9 Å². The van der Waals surface area contributed by atoms with Crippen molar-refractivity contribution in [2.24, 2.45) is 5.92 Å². The number of imidazole rings is 1. The summed E-state index contributed by atoms with van der Waals surface area (Å²) in [5, 5.41) is 32.2. The number of benzene rings is 1. The maximum Gasteiger partial charge on any atom is 0.695 e. The van der Waals surface area contributed by atoms with E-state index in [-0.39, 0.29) is 47.1 Å². The third kappa shape index (κ3) is 9.41. The first-order chi connectivity index (χ1) is 29.4. The average Bonchev–Trinajstić information content (AvgIpc) is 4.01. The molecular weight excluding hydrogens is 856 g/mol. The second-order valence-electron chi connectivity index (χ2n) is 13.5. The van der Waals surface area contributed by atoms with E-state index in [1.807, 2.05) is 6.07 Å². The van der Waals surface area contributed by atoms with Gasteiger partial charge >= 0.3 is 16.9 Å². The van der Waals surface area contributed by atoms with Crippen LogP contribution in [0.25, 0.3) is 22.3 Å². The first-order valence-electron chi connectivity index (χ1n) is 18.2. The number of aliphatic hydroxyl groups is 1. The number of carbonyl (C=O) groups excluding carboxylic acids is 2. The minimum absolute atomic E-state index is 0.0481. The highest BCUT2D eigenvalue weighted by Gasteiger charge is 2.54. The van der Waals surface area contributed by atoms with Crippen LogP contribution in [0.15, 0.2) is 47.8 Å². The van der Waals surface area contributed by atoms with Gasteiger partial charge < -0.3 is 33.5 Å². The number of H-pyrrole nitrogens is 1. The molecule has 2 fully saturated rings. The number of hydrogen-bond donors (Lipinski definition) is 5. The smallest absolute Gasteiger partial charge is 0.394 e. The molecule has 0 bridgehead atoms. The topological polar surface area (TPSA) is 315 Å². The summed E-state index contributed by atoms with van der Waals surface area (Å²) < 4.78 is 80.4. The highest BCUT2D eigenvalue weighted by atomic mass is 31.2. The van der Waals surface area contributed by atoms with E-state index in [0.29, 0.717) is 5.56 Å². The Morgan fingerprint density at radius 1 is 1.05 bits per heavy atom. The summed E-state index contributed by atoms with van der Waals surface area (Å²) in [5.41, 5.74) is -0.946. The third-order valence-electron chi connectivity index (χ3n) is 9.13. The maximum absolute atomic E-state index is 16.2. The summed E-state index contributed by atoms with van der Waals surface area (Å²) in [6.45, 7) is 1.42. The molecule has 10 atom stereocenters. The number of anilines is 2. The zero-order valence-corrected chi connectivity index (χ0v) is 33.5. The Morgan fingerprint density at radius 2 is 1.82 bits per heavy atom. The number of amides is 2. The van der Waals surface area contributed by atoms with Gasteiger partial charge in [0.15, 0.2) is 59.0 Å². The Labute approximate surface area is 343 Å². The van der Waals surface area contributed by atoms with E-state index < -0.39 is 103 Å². The van der Waals surface area contributed by atoms with Gasteiger partial charge in [-0.3, -0.25) is 29.3 Å². The van der Waals surface area contributed by atoms with Gasteiger partial charge in [-0.05, 0) is 12.1 Å². The monoisotopic (exact) mass is 891 g/mol. The van der Waals surface area contributed by atoms with Gasteiger partial charge in [-0.15, -0.1) is 14.5 Å². The number of nitriles is 1. The van der Waals surface area contributed by atoms with Crippen LogP contribution in [0.3, 0.4) is 0 Å². The molecule has 24 nitrogen and oxygen atoms in total. The number of hydrogen-bond acceptors (Lipinski definition) is 18. The van der Waals surface area contributed by atoms with Crippen molar-refractivity contribution in [3.8, 4) is 6.07 Å². The van der Waals surface area contributed by atoms with Crippen LogP contribution in [-0.4, -0.2) is 123 Å². The lowest BCUT2D eigenvalue weighted by Gasteiger charge is -2.26. The van der Waals surface area contributed by atoms with E-state index in [2.05, 4.69) is 45.9 Å². The zero-order chi connectivity index (χ0) is 43.4. The summed E-state index contributed by atoms with van der Waals surface area (Å²) in [4.78, 5) is 66.6. The lowest BCUT2D eigenvalue weighted by atomic mass is 10.1. The van der Waals surface area contributed by atoms with Crippen LogP contribution in [0.5, 0.6) is 0 Å². The number of rotatable bonds is 17. The van der Waals surface area contributed by atoms with E-state index in [0.717, 1.165) is 21.9 Å². The molecule has 61 heavy (non-hydrogen) atoms. The number of aromatic nitrogens is 9. The third-order valence-corrected chi connectivity index (χ3v) is 10.7. The quantitative estimate of drug-likeness (QED) is 0.0660. The molecule has 2 aliphatic rings. The highest BCUT2D eigenvalue weighted by Crippen LogP contribution is 2.49. The standard InChI is InChI=1S/C33H34F2N12O12P2/c1-15(2)28(49)42-33-41-27-22(30(51)43-33)39-14-46(27)32-24(19(34)17(11-48)56-32)59-61(54-10-6-9-36)55-12-18-23(58-60(52)53)20(35)31(57-18)47-26-21(44-45-47)25(37-13-38-26)40-29(50)16-7-4-3-5-8-16/h3-5,7-8,13-15,17-20,23-24,31-32,48H,6,10-12H2,1-2H3,(H3-,37,38,40,41,42,43,45,49,50,51,52,53)/p+1/t17-,18-,19-,20+,23-,24-,31-,32-,61?/m1/s1. The van der Waals surface area contributed by atoms with Crippen LogP contribution in [-0.2, 0) is 36.9 Å². The van der Waals surface area contributed by atoms with E-state index in [1.165, 1.54) is 0 Å². The summed E-state index contributed by atoms with van der Waals surface area (Å²) in [5.74, 6) is -1.77. The number of nitrogens with zero attached hydrogens (tertiary/aromatic N) is 9. The van der Waals surface area contributed by atoms with Crippen molar-refractivity contribution < 1.29 is 60.5 Å². The number of ether oxygens (including phenoxy) is 2. The van der Waals surface area contributed by atoms with Gasteiger partial charge in [0.1, 0.15) is 24.6 Å². The van der Waals surface area contributed by atoms with Gasteiger partial charge in [0.2, 0.25) is 11.9 Å². The molecule has 2 unspecified atom stereocenters. The first-order valence-corrected chi connectivity index (χ1v) is 20.4. The molecule has 0 radical (unpaired) electrons. The molecule has 1 aromatic carbocycles. The lowest BCUT2D eigenvalue weighted by Crippen LogP contribution is -2.34. The molecule has 0 saturated carbocycles. The molecule has 0 spiro atoms. The molecular formula is C33H35F2N12O12P2+. The number of fused-ring (bicyclic) bond motifs is 2. The summed E-state index contributed by atoms with van der Waals surface area (Å²) in [6.07, 6.45) is -12.0. The van der Waals surface area contributed by atoms with E-state index >= 15 is 8.78 Å². The molecule has 4 aromatic heterocycles. The minimum Gasteiger partial charge on any atom is -0.394 e.